The Bertz CT molecular complexity index is 888. The quantitative estimate of drug-likeness (QED) is 0.792. The zero-order valence-corrected chi connectivity index (χ0v) is 13.3. The Labute approximate surface area is 138 Å². The Morgan fingerprint density at radius 3 is 1.92 bits per heavy atom. The highest BCUT2D eigenvalue weighted by atomic mass is 16.5. The van der Waals surface area contributed by atoms with Crippen LogP contribution in [0.5, 0.6) is 17.2 Å². The maximum absolute atomic E-state index is 12.1. The van der Waals surface area contributed by atoms with E-state index in [1.54, 1.807) is 12.1 Å². The third-order valence-electron chi connectivity index (χ3n) is 3.59. The minimum Gasteiger partial charge on any atom is -0.502 e. The van der Waals surface area contributed by atoms with Crippen molar-refractivity contribution in [2.24, 2.45) is 0 Å². The van der Waals surface area contributed by atoms with Crippen LogP contribution in [-0.4, -0.2) is 19.3 Å². The van der Waals surface area contributed by atoms with Gasteiger partial charge in [-0.25, -0.2) is 0 Å². The van der Waals surface area contributed by atoms with Crippen molar-refractivity contribution in [2.45, 2.75) is 0 Å². The molecule has 0 bridgehead atoms. The predicted octanol–water partition coefficient (Wildman–Crippen LogP) is 3.70. The average molecular weight is 324 g/mol. The van der Waals surface area contributed by atoms with Gasteiger partial charge >= 0.3 is 0 Å². The van der Waals surface area contributed by atoms with E-state index in [0.29, 0.717) is 17.1 Å². The minimum atomic E-state index is -0.180. The first-order valence-electron chi connectivity index (χ1n) is 7.28. The van der Waals surface area contributed by atoms with Gasteiger partial charge in [0.15, 0.2) is 16.9 Å². The largest absolute Gasteiger partial charge is 0.502 e. The summed E-state index contributed by atoms with van der Waals surface area (Å²) in [6.07, 6.45) is 0. The fourth-order valence-corrected chi connectivity index (χ4v) is 2.40. The number of phenols is 1. The van der Waals surface area contributed by atoms with E-state index in [1.807, 2.05) is 30.3 Å². The summed E-state index contributed by atoms with van der Waals surface area (Å²) >= 11 is 0. The van der Waals surface area contributed by atoms with Gasteiger partial charge in [0, 0.05) is 23.3 Å². The maximum atomic E-state index is 12.1. The summed E-state index contributed by atoms with van der Waals surface area (Å²) in [6, 6.07) is 15.4. The van der Waals surface area contributed by atoms with Crippen molar-refractivity contribution < 1.29 is 19.0 Å². The fourth-order valence-electron chi connectivity index (χ4n) is 2.40. The number of hydrogen-bond acceptors (Lipinski definition) is 5. The van der Waals surface area contributed by atoms with Gasteiger partial charge in [0.05, 0.1) is 14.2 Å². The summed E-state index contributed by atoms with van der Waals surface area (Å²) in [5, 5.41) is 10.0. The average Bonchev–Trinajstić information content (AvgIpc) is 2.62. The van der Waals surface area contributed by atoms with Crippen molar-refractivity contribution in [3.05, 3.63) is 64.8 Å². The van der Waals surface area contributed by atoms with Crippen LogP contribution in [0.3, 0.4) is 0 Å². The van der Waals surface area contributed by atoms with Gasteiger partial charge in [0.25, 0.3) is 0 Å². The Balaban J connectivity index is 2.17. The van der Waals surface area contributed by atoms with Crippen molar-refractivity contribution in [3.8, 4) is 39.9 Å². The van der Waals surface area contributed by atoms with Gasteiger partial charge in [0.1, 0.15) is 11.5 Å². The molecule has 0 amide bonds. The molecule has 122 valence electrons. The molecule has 0 unspecified atom stereocenters. The van der Waals surface area contributed by atoms with Crippen molar-refractivity contribution in [2.75, 3.05) is 14.2 Å². The topological polar surface area (TPSA) is 68.9 Å². The van der Waals surface area contributed by atoms with E-state index in [-0.39, 0.29) is 22.7 Å². The number of phenolic OH excluding ortho intramolecular Hbond substituents is 1. The van der Waals surface area contributed by atoms with Gasteiger partial charge in [-0.2, -0.15) is 0 Å². The van der Waals surface area contributed by atoms with E-state index >= 15 is 0 Å². The summed E-state index contributed by atoms with van der Waals surface area (Å²) in [5.41, 5.74) is 1.19. The van der Waals surface area contributed by atoms with E-state index < -0.39 is 0 Å². The number of rotatable bonds is 4. The normalized spacial score (nSPS) is 10.4. The van der Waals surface area contributed by atoms with Gasteiger partial charge in [-0.1, -0.05) is 30.3 Å². The zero-order valence-electron chi connectivity index (χ0n) is 13.3. The molecule has 0 fully saturated rings. The first-order valence-corrected chi connectivity index (χ1v) is 7.28. The molecular weight excluding hydrogens is 308 g/mol. The summed E-state index contributed by atoms with van der Waals surface area (Å²) in [4.78, 5) is 12.1. The number of methoxy groups -OCH3 is 2. The second-order valence-electron chi connectivity index (χ2n) is 5.12. The van der Waals surface area contributed by atoms with Crippen LogP contribution in [0.15, 0.2) is 63.8 Å². The van der Waals surface area contributed by atoms with Gasteiger partial charge in [-0.15, -0.1) is 0 Å². The van der Waals surface area contributed by atoms with E-state index in [1.165, 1.54) is 26.4 Å². The molecule has 5 nitrogen and oxygen atoms in total. The number of aromatic hydroxyl groups is 1. The Hall–Kier alpha value is -3.21. The molecule has 0 atom stereocenters. The minimum absolute atomic E-state index is 0.106. The van der Waals surface area contributed by atoms with Crippen LogP contribution in [0.4, 0.5) is 0 Å². The highest BCUT2D eigenvalue weighted by Crippen LogP contribution is 2.40. The van der Waals surface area contributed by atoms with Gasteiger partial charge < -0.3 is 19.0 Å². The second-order valence-corrected chi connectivity index (χ2v) is 5.12. The monoisotopic (exact) mass is 324 g/mol. The summed E-state index contributed by atoms with van der Waals surface area (Å²) in [6.45, 7) is 0. The number of hydrogen-bond donors (Lipinski definition) is 1. The molecule has 1 heterocycles. The van der Waals surface area contributed by atoms with Crippen LogP contribution < -0.4 is 14.9 Å². The highest BCUT2D eigenvalue weighted by Gasteiger charge is 2.15. The lowest BCUT2D eigenvalue weighted by molar-refractivity contribution is 0.340. The standard InChI is InChI=1S/C19H16O5/c1-22-17-8-13(9-18(23-2)19(17)21)16-11-14(20)10-15(24-16)12-6-4-3-5-7-12/h3-11,21H,1-2H3. The Morgan fingerprint density at radius 2 is 1.38 bits per heavy atom. The molecule has 0 aliphatic rings. The van der Waals surface area contributed by atoms with Gasteiger partial charge in [-0.05, 0) is 12.1 Å². The van der Waals surface area contributed by atoms with Crippen LogP contribution in [0.1, 0.15) is 0 Å². The van der Waals surface area contributed by atoms with Crippen molar-refractivity contribution in [1.29, 1.82) is 0 Å². The van der Waals surface area contributed by atoms with E-state index in [0.717, 1.165) is 5.56 Å². The Kier molecular flexibility index (Phi) is 4.24. The highest BCUT2D eigenvalue weighted by molar-refractivity contribution is 5.68. The lowest BCUT2D eigenvalue weighted by Gasteiger charge is -2.11. The van der Waals surface area contributed by atoms with E-state index in [4.69, 9.17) is 13.9 Å². The molecule has 24 heavy (non-hydrogen) atoms. The number of benzene rings is 2. The van der Waals surface area contributed by atoms with Gasteiger partial charge in [0.2, 0.25) is 5.75 Å². The molecule has 0 aliphatic carbocycles. The van der Waals surface area contributed by atoms with E-state index in [2.05, 4.69) is 0 Å². The van der Waals surface area contributed by atoms with Crippen LogP contribution in [0.25, 0.3) is 22.6 Å². The molecule has 3 rings (SSSR count). The molecule has 0 saturated heterocycles. The van der Waals surface area contributed by atoms with Crippen LogP contribution in [-0.2, 0) is 0 Å². The van der Waals surface area contributed by atoms with Crippen molar-refractivity contribution in [3.63, 3.8) is 0 Å². The van der Waals surface area contributed by atoms with Gasteiger partial charge in [-0.3, -0.25) is 4.79 Å². The third kappa shape index (κ3) is 2.96. The predicted molar refractivity (Wildman–Crippen MR) is 90.6 cm³/mol. The second kappa shape index (κ2) is 6.50. The molecular formula is C19H16O5. The molecule has 5 heteroatoms. The lowest BCUT2D eigenvalue weighted by Crippen LogP contribution is -1.99. The first-order chi connectivity index (χ1) is 11.6. The summed E-state index contributed by atoms with van der Waals surface area (Å²) < 4.78 is 16.2. The molecule has 1 aromatic heterocycles. The van der Waals surface area contributed by atoms with Crippen LogP contribution in [0, 0.1) is 0 Å². The molecule has 2 aromatic carbocycles. The molecule has 0 radical (unpaired) electrons. The zero-order chi connectivity index (χ0) is 17.1. The first kappa shape index (κ1) is 15.7. The van der Waals surface area contributed by atoms with Crippen LogP contribution >= 0.6 is 0 Å². The summed E-state index contributed by atoms with van der Waals surface area (Å²) in [5.74, 6) is 1.18. The van der Waals surface area contributed by atoms with Crippen molar-refractivity contribution in [1.82, 2.24) is 0 Å². The molecule has 0 spiro atoms. The molecule has 0 aliphatic heterocycles. The maximum Gasteiger partial charge on any atom is 0.200 e. The fraction of sp³-hybridized carbons (Fsp3) is 0.105. The third-order valence-corrected chi connectivity index (χ3v) is 3.59. The molecule has 3 aromatic rings. The van der Waals surface area contributed by atoms with Crippen molar-refractivity contribution >= 4 is 0 Å². The smallest absolute Gasteiger partial charge is 0.200 e. The summed E-state index contributed by atoms with van der Waals surface area (Å²) in [7, 11) is 2.88. The lowest BCUT2D eigenvalue weighted by atomic mass is 10.1. The molecule has 0 saturated carbocycles. The SMILES string of the molecule is COc1cc(-c2cc(=O)cc(-c3ccccc3)o2)cc(OC)c1O. The number of ether oxygens (including phenoxy) is 2. The molecule has 1 N–H and O–H groups in total. The van der Waals surface area contributed by atoms with E-state index in [9.17, 15) is 9.90 Å². The van der Waals surface area contributed by atoms with Crippen LogP contribution in [0.2, 0.25) is 0 Å². The Morgan fingerprint density at radius 1 is 0.833 bits per heavy atom.